The molecule has 2 amide bonds. The lowest BCUT2D eigenvalue weighted by molar-refractivity contribution is -0.124. The molecule has 3 aliphatic rings. The minimum atomic E-state index is -2.90. The zero-order valence-corrected chi connectivity index (χ0v) is 23.5. The summed E-state index contributed by atoms with van der Waals surface area (Å²) in [6, 6.07) is 5.52. The van der Waals surface area contributed by atoms with Crippen molar-refractivity contribution >= 4 is 40.7 Å². The predicted octanol–water partition coefficient (Wildman–Crippen LogP) is 4.74. The minimum absolute atomic E-state index is 0.0577. The van der Waals surface area contributed by atoms with E-state index in [0.717, 1.165) is 11.8 Å². The van der Waals surface area contributed by atoms with Crippen LogP contribution < -0.4 is 20.4 Å². The lowest BCUT2D eigenvalue weighted by Crippen LogP contribution is -2.64. The Hall–Kier alpha value is -3.93. The monoisotopic (exact) mass is 599 g/mol. The molecule has 4 heterocycles. The Morgan fingerprint density at radius 1 is 1.12 bits per heavy atom. The Kier molecular flexibility index (Phi) is 7.42. The molecule has 0 atom stereocenters. The van der Waals surface area contributed by atoms with E-state index >= 15 is 0 Å². The molecule has 2 fully saturated rings. The van der Waals surface area contributed by atoms with Gasteiger partial charge in [0.05, 0.1) is 16.3 Å². The summed E-state index contributed by atoms with van der Waals surface area (Å²) in [7, 11) is 1.76. The van der Waals surface area contributed by atoms with Crippen LogP contribution in [0.3, 0.4) is 0 Å². The fourth-order valence-corrected chi connectivity index (χ4v) is 6.57. The predicted molar refractivity (Wildman–Crippen MR) is 152 cm³/mol. The van der Waals surface area contributed by atoms with Gasteiger partial charge in [0.2, 0.25) is 5.91 Å². The first-order valence-corrected chi connectivity index (χ1v) is 14.2. The molecule has 6 rings (SSSR count). The van der Waals surface area contributed by atoms with E-state index in [2.05, 4.69) is 25.6 Å². The van der Waals surface area contributed by atoms with Gasteiger partial charge in [-0.15, -0.1) is 0 Å². The number of benzene rings is 1. The Labute approximate surface area is 245 Å². The van der Waals surface area contributed by atoms with Gasteiger partial charge in [-0.1, -0.05) is 17.7 Å². The van der Waals surface area contributed by atoms with Gasteiger partial charge in [-0.05, 0) is 55.4 Å². The normalized spacial score (nSPS) is 21.0. The lowest BCUT2D eigenvalue weighted by atomic mass is 9.74. The summed E-state index contributed by atoms with van der Waals surface area (Å²) in [4.78, 5) is 42.8. The standard InChI is InChI=1S/C29H29ClF3N7O2/c1-34-25-26(36-9-8-35-25)39-14-29(15-39)21-7-4-18(31)11-22(21)40(28(29)42)13-16-2-5-19(6-3-16)38-27(41)20-10-17(30)12-37-23(20)24(32)33/h4,7-12,16,19,24H,2-3,5-6,13-15H2,1H3,(H,34,35)(H,38,41)/t16-,19-. The first kappa shape index (κ1) is 28.2. The van der Waals surface area contributed by atoms with E-state index in [-0.39, 0.29) is 28.5 Å². The molecule has 9 nitrogen and oxygen atoms in total. The number of aromatic nitrogens is 3. The van der Waals surface area contributed by atoms with Crippen LogP contribution in [-0.2, 0) is 10.2 Å². The highest BCUT2D eigenvalue weighted by molar-refractivity contribution is 6.30. The van der Waals surface area contributed by atoms with Gasteiger partial charge in [0.25, 0.3) is 12.3 Å². The summed E-state index contributed by atoms with van der Waals surface area (Å²) in [6.45, 7) is 1.25. The number of halogens is 4. The van der Waals surface area contributed by atoms with Crippen molar-refractivity contribution in [1.29, 1.82) is 0 Å². The molecule has 2 aromatic heterocycles. The lowest BCUT2D eigenvalue weighted by Gasteiger charge is -2.47. The molecular weight excluding hydrogens is 571 g/mol. The van der Waals surface area contributed by atoms with Gasteiger partial charge in [-0.25, -0.2) is 23.1 Å². The second-order valence-electron chi connectivity index (χ2n) is 11.1. The minimum Gasteiger partial charge on any atom is -0.370 e. The number of carbonyl (C=O) groups excluding carboxylic acids is 2. The number of carbonyl (C=O) groups is 2. The maximum absolute atomic E-state index is 14.4. The van der Waals surface area contributed by atoms with Gasteiger partial charge >= 0.3 is 0 Å². The van der Waals surface area contributed by atoms with Gasteiger partial charge < -0.3 is 20.4 Å². The molecule has 2 N–H and O–H groups in total. The quantitative estimate of drug-likeness (QED) is 0.404. The van der Waals surface area contributed by atoms with Gasteiger partial charge in [0.1, 0.15) is 16.9 Å². The fourth-order valence-electron chi connectivity index (χ4n) is 6.41. The first-order chi connectivity index (χ1) is 20.2. The Morgan fingerprint density at radius 2 is 1.86 bits per heavy atom. The highest BCUT2D eigenvalue weighted by Gasteiger charge is 2.59. The highest BCUT2D eigenvalue weighted by atomic mass is 35.5. The Balaban J connectivity index is 1.12. The summed E-state index contributed by atoms with van der Waals surface area (Å²) in [5.74, 6) is 0.313. The molecule has 1 spiro atoms. The van der Waals surface area contributed by atoms with Crippen molar-refractivity contribution < 1.29 is 22.8 Å². The van der Waals surface area contributed by atoms with Crippen molar-refractivity contribution in [2.75, 3.05) is 41.8 Å². The number of amides is 2. The number of hydrogen-bond donors (Lipinski definition) is 2. The number of anilines is 3. The molecule has 13 heteroatoms. The topological polar surface area (TPSA) is 103 Å². The van der Waals surface area contributed by atoms with Crippen LogP contribution >= 0.6 is 11.6 Å². The molecule has 3 aromatic rings. The average Bonchev–Trinajstić information content (AvgIpc) is 3.19. The molecule has 2 aliphatic heterocycles. The van der Waals surface area contributed by atoms with E-state index in [1.165, 1.54) is 18.2 Å². The van der Waals surface area contributed by atoms with Crippen molar-refractivity contribution in [2.24, 2.45) is 5.92 Å². The Morgan fingerprint density at radius 3 is 2.57 bits per heavy atom. The summed E-state index contributed by atoms with van der Waals surface area (Å²) in [5, 5.41) is 5.98. The van der Waals surface area contributed by atoms with Crippen molar-refractivity contribution in [3.63, 3.8) is 0 Å². The van der Waals surface area contributed by atoms with Crippen LogP contribution in [0.25, 0.3) is 0 Å². The molecule has 1 saturated carbocycles. The molecular formula is C29H29ClF3N7O2. The zero-order chi connectivity index (χ0) is 29.6. The van der Waals surface area contributed by atoms with Crippen LogP contribution in [0.2, 0.25) is 5.02 Å². The van der Waals surface area contributed by atoms with Crippen LogP contribution in [0.5, 0.6) is 0 Å². The van der Waals surface area contributed by atoms with Gasteiger partial charge in [-0.2, -0.15) is 0 Å². The number of alkyl halides is 2. The van der Waals surface area contributed by atoms with Crippen LogP contribution in [0, 0.1) is 11.7 Å². The van der Waals surface area contributed by atoms with E-state index in [0.29, 0.717) is 62.6 Å². The summed E-state index contributed by atoms with van der Waals surface area (Å²) >= 11 is 5.90. The average molecular weight is 600 g/mol. The van der Waals surface area contributed by atoms with Crippen LogP contribution in [0.4, 0.5) is 30.5 Å². The molecule has 0 radical (unpaired) electrons. The van der Waals surface area contributed by atoms with E-state index in [1.807, 2.05) is 4.90 Å². The van der Waals surface area contributed by atoms with Crippen LogP contribution in [0.1, 0.15) is 53.7 Å². The third-order valence-electron chi connectivity index (χ3n) is 8.52. The second kappa shape index (κ2) is 11.0. The van der Waals surface area contributed by atoms with E-state index in [1.54, 1.807) is 30.4 Å². The molecule has 1 aliphatic carbocycles. The zero-order valence-electron chi connectivity index (χ0n) is 22.8. The maximum Gasteiger partial charge on any atom is 0.281 e. The van der Waals surface area contributed by atoms with Crippen molar-refractivity contribution in [3.8, 4) is 0 Å². The molecule has 42 heavy (non-hydrogen) atoms. The van der Waals surface area contributed by atoms with Crippen LogP contribution in [-0.4, -0.2) is 59.5 Å². The number of fused-ring (bicyclic) bond motifs is 2. The summed E-state index contributed by atoms with van der Waals surface area (Å²) in [6.07, 6.45) is 4.04. The second-order valence-corrected chi connectivity index (χ2v) is 11.5. The third kappa shape index (κ3) is 4.91. The van der Waals surface area contributed by atoms with Gasteiger partial charge in [0, 0.05) is 51.3 Å². The van der Waals surface area contributed by atoms with Crippen LogP contribution in [0.15, 0.2) is 42.9 Å². The van der Waals surface area contributed by atoms with E-state index in [9.17, 15) is 22.8 Å². The number of hydrogen-bond acceptors (Lipinski definition) is 7. The number of nitrogens with zero attached hydrogens (tertiary/aromatic N) is 5. The molecule has 0 unspecified atom stereocenters. The first-order valence-electron chi connectivity index (χ1n) is 13.8. The van der Waals surface area contributed by atoms with Crippen molar-refractivity contribution in [2.45, 2.75) is 43.6 Å². The molecule has 220 valence electrons. The Bertz CT molecular complexity index is 1530. The molecule has 1 saturated heterocycles. The summed E-state index contributed by atoms with van der Waals surface area (Å²) < 4.78 is 41.2. The van der Waals surface area contributed by atoms with Crippen molar-refractivity contribution in [3.05, 3.63) is 70.5 Å². The number of pyridine rings is 1. The fraction of sp³-hybridized carbons (Fsp3) is 0.414. The third-order valence-corrected chi connectivity index (χ3v) is 8.72. The maximum atomic E-state index is 14.4. The van der Waals surface area contributed by atoms with Crippen molar-refractivity contribution in [1.82, 2.24) is 20.3 Å². The van der Waals surface area contributed by atoms with E-state index < -0.39 is 29.3 Å². The number of rotatable bonds is 7. The SMILES string of the molecule is CNc1nccnc1N1CC2(C1)C(=O)N(C[C@H]1CC[C@H](NC(=O)c3cc(Cl)cnc3C(F)F)CC1)c1cc(F)ccc12. The number of nitrogens with one attached hydrogen (secondary N) is 2. The van der Waals surface area contributed by atoms with E-state index in [4.69, 9.17) is 11.6 Å². The smallest absolute Gasteiger partial charge is 0.281 e. The van der Waals surface area contributed by atoms with Gasteiger partial charge in [0.15, 0.2) is 11.6 Å². The molecule has 1 aromatic carbocycles. The van der Waals surface area contributed by atoms with Gasteiger partial charge in [-0.3, -0.25) is 14.6 Å². The summed E-state index contributed by atoms with van der Waals surface area (Å²) in [5.41, 5.74) is -0.218. The highest BCUT2D eigenvalue weighted by Crippen LogP contribution is 2.49. The largest absolute Gasteiger partial charge is 0.370 e. The molecule has 0 bridgehead atoms.